The topological polar surface area (TPSA) is 133 Å². The standard InChI is InChI=1S/C9H9FN6O3S/c10-6-1-2-8(20(11,18)19)7(3-6)13-9(17)4-16-5-12-14-15-16/h1-3,5H,4H2,(H,13,17)(H2,11,18,19). The van der Waals surface area contributed by atoms with E-state index in [1.54, 1.807) is 0 Å². The van der Waals surface area contributed by atoms with Gasteiger partial charge in [-0.1, -0.05) is 0 Å². The molecule has 1 aromatic heterocycles. The van der Waals surface area contributed by atoms with E-state index in [1.165, 1.54) is 6.33 Å². The predicted molar refractivity (Wildman–Crippen MR) is 64.2 cm³/mol. The third kappa shape index (κ3) is 3.33. The number of halogens is 1. The number of nitrogens with zero attached hydrogens (tertiary/aromatic N) is 4. The lowest BCUT2D eigenvalue weighted by molar-refractivity contribution is -0.116. The van der Waals surface area contributed by atoms with Gasteiger partial charge in [0.25, 0.3) is 0 Å². The summed E-state index contributed by atoms with van der Waals surface area (Å²) in [5, 5.41) is 17.3. The van der Waals surface area contributed by atoms with E-state index < -0.39 is 21.7 Å². The molecular formula is C9H9FN6O3S. The Kier molecular flexibility index (Phi) is 3.72. The van der Waals surface area contributed by atoms with E-state index in [2.05, 4.69) is 20.8 Å². The molecule has 0 radical (unpaired) electrons. The van der Waals surface area contributed by atoms with Crippen LogP contribution in [0.3, 0.4) is 0 Å². The van der Waals surface area contributed by atoms with Crippen LogP contribution in [0.1, 0.15) is 0 Å². The monoisotopic (exact) mass is 300 g/mol. The summed E-state index contributed by atoms with van der Waals surface area (Å²) in [5.41, 5.74) is -0.245. The van der Waals surface area contributed by atoms with Gasteiger partial charge in [-0.3, -0.25) is 4.79 Å². The van der Waals surface area contributed by atoms with E-state index in [0.29, 0.717) is 0 Å². The summed E-state index contributed by atoms with van der Waals surface area (Å²) in [5.74, 6) is -1.34. The first-order valence-corrected chi connectivity index (χ1v) is 6.74. The molecule has 0 aliphatic carbocycles. The molecule has 11 heteroatoms. The zero-order chi connectivity index (χ0) is 14.8. The molecule has 0 aliphatic rings. The smallest absolute Gasteiger partial charge is 0.246 e. The second-order valence-electron chi connectivity index (χ2n) is 3.74. The van der Waals surface area contributed by atoms with Crippen molar-refractivity contribution in [3.63, 3.8) is 0 Å². The average Bonchev–Trinajstić information content (AvgIpc) is 2.79. The summed E-state index contributed by atoms with van der Waals surface area (Å²) in [7, 11) is -4.09. The molecular weight excluding hydrogens is 291 g/mol. The van der Waals surface area contributed by atoms with Gasteiger partial charge in [-0.15, -0.1) is 5.10 Å². The van der Waals surface area contributed by atoms with Crippen molar-refractivity contribution in [1.29, 1.82) is 0 Å². The number of aromatic nitrogens is 4. The molecule has 0 spiro atoms. The molecule has 3 N–H and O–H groups in total. The highest BCUT2D eigenvalue weighted by atomic mass is 32.2. The first-order valence-electron chi connectivity index (χ1n) is 5.19. The SMILES string of the molecule is NS(=O)(=O)c1ccc(F)cc1NC(=O)Cn1cnnn1. The number of carbonyl (C=O) groups is 1. The minimum Gasteiger partial charge on any atom is -0.323 e. The van der Waals surface area contributed by atoms with Crippen molar-refractivity contribution in [2.24, 2.45) is 5.14 Å². The minimum atomic E-state index is -4.09. The van der Waals surface area contributed by atoms with Gasteiger partial charge in [0.15, 0.2) is 0 Å². The third-order valence-electron chi connectivity index (χ3n) is 2.22. The summed E-state index contributed by atoms with van der Waals surface area (Å²) in [6.45, 7) is -0.256. The Bertz CT molecular complexity index is 730. The third-order valence-corrected chi connectivity index (χ3v) is 3.19. The first-order chi connectivity index (χ1) is 9.36. The van der Waals surface area contributed by atoms with Crippen LogP contribution in [-0.2, 0) is 21.4 Å². The zero-order valence-electron chi connectivity index (χ0n) is 9.89. The van der Waals surface area contributed by atoms with Gasteiger partial charge in [-0.25, -0.2) is 22.6 Å². The molecule has 20 heavy (non-hydrogen) atoms. The highest BCUT2D eigenvalue weighted by Crippen LogP contribution is 2.21. The molecule has 2 rings (SSSR count). The number of hydrogen-bond acceptors (Lipinski definition) is 6. The normalized spacial score (nSPS) is 11.3. The number of sulfonamides is 1. The molecule has 2 aromatic rings. The fourth-order valence-corrected chi connectivity index (χ4v) is 2.11. The van der Waals surface area contributed by atoms with Crippen LogP contribution in [-0.4, -0.2) is 34.5 Å². The Morgan fingerprint density at radius 2 is 2.20 bits per heavy atom. The highest BCUT2D eigenvalue weighted by Gasteiger charge is 2.17. The van der Waals surface area contributed by atoms with Crippen molar-refractivity contribution < 1.29 is 17.6 Å². The summed E-state index contributed by atoms with van der Waals surface area (Å²) in [6, 6.07) is 2.76. The summed E-state index contributed by atoms with van der Waals surface area (Å²) >= 11 is 0. The number of anilines is 1. The maximum Gasteiger partial charge on any atom is 0.246 e. The van der Waals surface area contributed by atoms with Crippen molar-refractivity contribution in [3.05, 3.63) is 30.3 Å². The van der Waals surface area contributed by atoms with Crippen molar-refractivity contribution in [2.45, 2.75) is 11.4 Å². The average molecular weight is 300 g/mol. The number of amides is 1. The molecule has 1 amide bonds. The fraction of sp³-hybridized carbons (Fsp3) is 0.111. The molecule has 0 atom stereocenters. The Labute approximate surface area is 112 Å². The van der Waals surface area contributed by atoms with Crippen LogP contribution in [0, 0.1) is 5.82 Å². The Morgan fingerprint density at radius 1 is 1.45 bits per heavy atom. The number of hydrogen-bond donors (Lipinski definition) is 2. The van der Waals surface area contributed by atoms with Crippen LogP contribution in [0.25, 0.3) is 0 Å². The fourth-order valence-electron chi connectivity index (χ4n) is 1.44. The summed E-state index contributed by atoms with van der Waals surface area (Å²) in [6.07, 6.45) is 1.20. The highest BCUT2D eigenvalue weighted by molar-refractivity contribution is 7.89. The van der Waals surface area contributed by atoms with Crippen LogP contribution < -0.4 is 10.5 Å². The molecule has 0 aliphatic heterocycles. The lowest BCUT2D eigenvalue weighted by Gasteiger charge is -2.09. The van der Waals surface area contributed by atoms with Gasteiger partial charge < -0.3 is 5.32 Å². The number of benzene rings is 1. The molecule has 0 saturated heterocycles. The van der Waals surface area contributed by atoms with Crippen LogP contribution in [0.5, 0.6) is 0 Å². The van der Waals surface area contributed by atoms with Crippen molar-refractivity contribution in [2.75, 3.05) is 5.32 Å². The second-order valence-corrected chi connectivity index (χ2v) is 5.27. The van der Waals surface area contributed by atoms with Crippen LogP contribution in [0.15, 0.2) is 29.4 Å². The zero-order valence-corrected chi connectivity index (χ0v) is 10.7. The molecule has 9 nitrogen and oxygen atoms in total. The maximum absolute atomic E-state index is 13.1. The molecule has 0 saturated carbocycles. The minimum absolute atomic E-state index is 0.245. The molecule has 0 bridgehead atoms. The van der Waals surface area contributed by atoms with Gasteiger partial charge in [0.2, 0.25) is 15.9 Å². The molecule has 106 valence electrons. The van der Waals surface area contributed by atoms with Gasteiger partial charge in [0.05, 0.1) is 5.69 Å². The number of rotatable bonds is 4. The van der Waals surface area contributed by atoms with E-state index in [4.69, 9.17) is 5.14 Å². The Hall–Kier alpha value is -2.40. The molecule has 0 unspecified atom stereocenters. The number of tetrazole rings is 1. The van der Waals surface area contributed by atoms with E-state index in [1.807, 2.05) is 0 Å². The lowest BCUT2D eigenvalue weighted by Crippen LogP contribution is -2.22. The van der Waals surface area contributed by atoms with E-state index in [9.17, 15) is 17.6 Å². The first kappa shape index (κ1) is 14.0. The van der Waals surface area contributed by atoms with Gasteiger partial charge in [-0.2, -0.15) is 0 Å². The van der Waals surface area contributed by atoms with E-state index >= 15 is 0 Å². The van der Waals surface area contributed by atoms with Crippen LogP contribution >= 0.6 is 0 Å². The molecule has 1 aromatic carbocycles. The van der Waals surface area contributed by atoms with Crippen LogP contribution in [0.4, 0.5) is 10.1 Å². The number of primary sulfonamides is 1. The van der Waals surface area contributed by atoms with Crippen molar-refractivity contribution in [3.8, 4) is 0 Å². The summed E-state index contributed by atoms with van der Waals surface area (Å²) in [4.78, 5) is 11.3. The summed E-state index contributed by atoms with van der Waals surface area (Å²) < 4.78 is 36.9. The van der Waals surface area contributed by atoms with Gasteiger partial charge in [0.1, 0.15) is 23.6 Å². The quantitative estimate of drug-likeness (QED) is 0.751. The van der Waals surface area contributed by atoms with Gasteiger partial charge in [0, 0.05) is 0 Å². The van der Waals surface area contributed by atoms with E-state index in [0.717, 1.165) is 22.9 Å². The Balaban J connectivity index is 2.24. The number of nitrogens with two attached hydrogens (primary N) is 1. The number of nitrogens with one attached hydrogen (secondary N) is 1. The maximum atomic E-state index is 13.1. The molecule has 0 fully saturated rings. The van der Waals surface area contributed by atoms with Crippen molar-refractivity contribution >= 4 is 21.6 Å². The largest absolute Gasteiger partial charge is 0.323 e. The lowest BCUT2D eigenvalue weighted by atomic mass is 10.3. The Morgan fingerprint density at radius 3 is 2.80 bits per heavy atom. The van der Waals surface area contributed by atoms with Crippen LogP contribution in [0.2, 0.25) is 0 Å². The van der Waals surface area contributed by atoms with Gasteiger partial charge >= 0.3 is 0 Å². The number of carbonyl (C=O) groups excluding carboxylic acids is 1. The predicted octanol–water partition coefficient (Wildman–Crippen LogP) is -0.902. The molecule has 1 heterocycles. The second kappa shape index (κ2) is 5.30. The van der Waals surface area contributed by atoms with E-state index in [-0.39, 0.29) is 17.1 Å². The van der Waals surface area contributed by atoms with Gasteiger partial charge in [-0.05, 0) is 28.6 Å². The van der Waals surface area contributed by atoms with Crippen molar-refractivity contribution in [1.82, 2.24) is 20.2 Å².